The van der Waals surface area contributed by atoms with Gasteiger partial charge in [0.25, 0.3) is 11.6 Å². The van der Waals surface area contributed by atoms with E-state index in [4.69, 9.17) is 9.47 Å². The van der Waals surface area contributed by atoms with Gasteiger partial charge in [-0.3, -0.25) is 14.9 Å². The van der Waals surface area contributed by atoms with Gasteiger partial charge in [0.1, 0.15) is 0 Å². The minimum atomic E-state index is -0.652. The molecule has 8 nitrogen and oxygen atoms in total. The molecule has 0 saturated carbocycles. The number of esters is 1. The number of carbonyl (C=O) groups excluding carboxylic acids is 2. The average molecular weight is 348 g/mol. The zero-order valence-corrected chi connectivity index (χ0v) is 14.1. The molecule has 0 aliphatic carbocycles. The molecule has 1 aromatic carbocycles. The maximum atomic E-state index is 12.1. The summed E-state index contributed by atoms with van der Waals surface area (Å²) in [6, 6.07) is 5.72. The smallest absolute Gasteiger partial charge is 0.331 e. The first-order valence-electron chi connectivity index (χ1n) is 7.87. The number of amides is 1. The molecule has 0 radical (unpaired) electrons. The molecule has 1 aliphatic heterocycles. The van der Waals surface area contributed by atoms with Crippen LogP contribution in [0.2, 0.25) is 0 Å². The van der Waals surface area contributed by atoms with Crippen LogP contribution in [0, 0.1) is 10.1 Å². The highest BCUT2D eigenvalue weighted by Gasteiger charge is 2.26. The lowest BCUT2D eigenvalue weighted by molar-refractivity contribution is -0.384. The highest BCUT2D eigenvalue weighted by molar-refractivity contribution is 5.89. The Bertz CT molecular complexity index is 660. The molecule has 1 heterocycles. The Hall–Kier alpha value is -2.74. The van der Waals surface area contributed by atoms with Crippen molar-refractivity contribution in [1.82, 2.24) is 4.90 Å². The van der Waals surface area contributed by atoms with Crippen molar-refractivity contribution in [2.45, 2.75) is 26.1 Å². The number of carbonyl (C=O) groups is 2. The third-order valence-corrected chi connectivity index (χ3v) is 3.63. The van der Waals surface area contributed by atoms with Crippen molar-refractivity contribution in [1.29, 1.82) is 0 Å². The molecule has 1 aliphatic rings. The second kappa shape index (κ2) is 8.39. The minimum Gasteiger partial charge on any atom is -0.452 e. The monoisotopic (exact) mass is 348 g/mol. The fraction of sp³-hybridized carbons (Fsp3) is 0.412. The largest absolute Gasteiger partial charge is 0.452 e. The summed E-state index contributed by atoms with van der Waals surface area (Å²) in [4.78, 5) is 35.5. The number of nitro groups is 1. The standard InChI is InChI=1S/C17H20N2O6/c1-12-9-18(10-13(2)25-12)16(20)11-24-17(21)8-5-14-3-6-15(7-4-14)19(22)23/h3-8,12-13H,9-11H2,1-2H3/b8-5+/t12-,13-/m0/s1. The summed E-state index contributed by atoms with van der Waals surface area (Å²) >= 11 is 0. The van der Waals surface area contributed by atoms with Gasteiger partial charge >= 0.3 is 5.97 Å². The van der Waals surface area contributed by atoms with Gasteiger partial charge < -0.3 is 14.4 Å². The minimum absolute atomic E-state index is 0.0284. The van der Waals surface area contributed by atoms with Gasteiger partial charge in [0.15, 0.2) is 6.61 Å². The van der Waals surface area contributed by atoms with Crippen LogP contribution in [0.5, 0.6) is 0 Å². The molecule has 0 spiro atoms. The molecule has 0 N–H and O–H groups in total. The van der Waals surface area contributed by atoms with Gasteiger partial charge in [-0.1, -0.05) is 0 Å². The second-order valence-corrected chi connectivity index (χ2v) is 5.85. The summed E-state index contributed by atoms with van der Waals surface area (Å²) in [6.07, 6.45) is 2.55. The van der Waals surface area contributed by atoms with Crippen molar-refractivity contribution in [3.8, 4) is 0 Å². The van der Waals surface area contributed by atoms with Gasteiger partial charge in [-0.15, -0.1) is 0 Å². The third kappa shape index (κ3) is 5.68. The van der Waals surface area contributed by atoms with Crippen LogP contribution >= 0.6 is 0 Å². The third-order valence-electron chi connectivity index (χ3n) is 3.63. The highest BCUT2D eigenvalue weighted by Crippen LogP contribution is 2.13. The van der Waals surface area contributed by atoms with Crippen LogP contribution in [0.15, 0.2) is 30.3 Å². The predicted octanol–water partition coefficient (Wildman–Crippen LogP) is 1.79. The van der Waals surface area contributed by atoms with E-state index < -0.39 is 10.9 Å². The maximum absolute atomic E-state index is 12.1. The summed E-state index contributed by atoms with van der Waals surface area (Å²) in [7, 11) is 0. The number of ether oxygens (including phenoxy) is 2. The zero-order valence-electron chi connectivity index (χ0n) is 14.1. The topological polar surface area (TPSA) is 99.0 Å². The first-order chi connectivity index (χ1) is 11.8. The van der Waals surface area contributed by atoms with E-state index in [1.54, 1.807) is 4.90 Å². The number of rotatable bonds is 5. The fourth-order valence-electron chi connectivity index (χ4n) is 2.53. The normalized spacial score (nSPS) is 20.5. The quantitative estimate of drug-likeness (QED) is 0.348. The van der Waals surface area contributed by atoms with Crippen molar-refractivity contribution in [2.75, 3.05) is 19.7 Å². The van der Waals surface area contributed by atoms with Gasteiger partial charge in [0.2, 0.25) is 0 Å². The van der Waals surface area contributed by atoms with Crippen LogP contribution in [-0.2, 0) is 19.1 Å². The van der Waals surface area contributed by atoms with Gasteiger partial charge in [0, 0.05) is 31.3 Å². The predicted molar refractivity (Wildman–Crippen MR) is 89.7 cm³/mol. The fourth-order valence-corrected chi connectivity index (χ4v) is 2.53. The van der Waals surface area contributed by atoms with Crippen molar-refractivity contribution < 1.29 is 24.0 Å². The molecule has 2 rings (SSSR count). The lowest BCUT2D eigenvalue weighted by atomic mass is 10.2. The molecule has 1 fully saturated rings. The number of non-ortho nitro benzene ring substituents is 1. The molecule has 0 aromatic heterocycles. The van der Waals surface area contributed by atoms with Crippen molar-refractivity contribution in [2.24, 2.45) is 0 Å². The van der Waals surface area contributed by atoms with Crippen LogP contribution in [-0.4, -0.2) is 53.6 Å². The first-order valence-corrected chi connectivity index (χ1v) is 7.87. The lowest BCUT2D eigenvalue weighted by Gasteiger charge is -2.35. The molecular weight excluding hydrogens is 328 g/mol. The van der Waals surface area contributed by atoms with Crippen molar-refractivity contribution in [3.63, 3.8) is 0 Å². The summed E-state index contributed by atoms with van der Waals surface area (Å²) in [5.74, 6) is -0.917. The first kappa shape index (κ1) is 18.6. The molecule has 25 heavy (non-hydrogen) atoms. The average Bonchev–Trinajstić information content (AvgIpc) is 2.57. The number of morpholine rings is 1. The van der Waals surface area contributed by atoms with E-state index in [1.165, 1.54) is 36.4 Å². The van der Waals surface area contributed by atoms with E-state index in [-0.39, 0.29) is 30.4 Å². The van der Waals surface area contributed by atoms with Crippen LogP contribution in [0.3, 0.4) is 0 Å². The number of nitrogens with zero attached hydrogens (tertiary/aromatic N) is 2. The van der Waals surface area contributed by atoms with E-state index in [1.807, 2.05) is 13.8 Å². The number of hydrogen-bond donors (Lipinski definition) is 0. The SMILES string of the molecule is C[C@H]1CN(C(=O)COC(=O)/C=C/c2ccc([N+](=O)[O-])cc2)C[C@H](C)O1. The number of benzene rings is 1. The molecule has 8 heteroatoms. The van der Waals surface area contributed by atoms with E-state index >= 15 is 0 Å². The van der Waals surface area contributed by atoms with E-state index in [0.717, 1.165) is 0 Å². The molecular formula is C17H20N2O6. The number of hydrogen-bond acceptors (Lipinski definition) is 6. The van der Waals surface area contributed by atoms with Crippen LogP contribution < -0.4 is 0 Å². The molecule has 0 bridgehead atoms. The number of nitro benzene ring substituents is 1. The van der Waals surface area contributed by atoms with Crippen molar-refractivity contribution >= 4 is 23.6 Å². The van der Waals surface area contributed by atoms with E-state index in [0.29, 0.717) is 18.7 Å². The Morgan fingerprint density at radius 1 is 1.28 bits per heavy atom. The van der Waals surface area contributed by atoms with Crippen LogP contribution in [0.25, 0.3) is 6.08 Å². The molecule has 1 amide bonds. The summed E-state index contributed by atoms with van der Waals surface area (Å²) in [5, 5.41) is 10.6. The molecule has 2 atom stereocenters. The Morgan fingerprint density at radius 2 is 1.88 bits per heavy atom. The van der Waals surface area contributed by atoms with Crippen LogP contribution in [0.1, 0.15) is 19.4 Å². The summed E-state index contributed by atoms with van der Waals surface area (Å²) in [5.41, 5.74) is 0.587. The zero-order chi connectivity index (χ0) is 18.4. The van der Waals surface area contributed by atoms with Gasteiger partial charge in [-0.25, -0.2) is 4.79 Å². The van der Waals surface area contributed by atoms with E-state index in [2.05, 4.69) is 0 Å². The Balaban J connectivity index is 1.81. The Labute approximate surface area is 145 Å². The van der Waals surface area contributed by atoms with Gasteiger partial charge in [-0.05, 0) is 37.6 Å². The maximum Gasteiger partial charge on any atom is 0.331 e. The van der Waals surface area contributed by atoms with E-state index in [9.17, 15) is 19.7 Å². The lowest BCUT2D eigenvalue weighted by Crippen LogP contribution is -2.49. The molecule has 1 saturated heterocycles. The summed E-state index contributed by atoms with van der Waals surface area (Å²) < 4.78 is 10.5. The molecule has 0 unspecified atom stereocenters. The molecule has 134 valence electrons. The molecule has 1 aromatic rings. The Morgan fingerprint density at radius 3 is 2.44 bits per heavy atom. The Kier molecular flexibility index (Phi) is 6.24. The summed E-state index contributed by atoms with van der Waals surface area (Å²) in [6.45, 7) is 4.38. The van der Waals surface area contributed by atoms with Gasteiger partial charge in [0.05, 0.1) is 17.1 Å². The van der Waals surface area contributed by atoms with Crippen molar-refractivity contribution in [3.05, 3.63) is 46.0 Å². The second-order valence-electron chi connectivity index (χ2n) is 5.85. The van der Waals surface area contributed by atoms with Crippen LogP contribution in [0.4, 0.5) is 5.69 Å². The highest BCUT2D eigenvalue weighted by atomic mass is 16.6. The van der Waals surface area contributed by atoms with Gasteiger partial charge in [-0.2, -0.15) is 0 Å².